The van der Waals surface area contributed by atoms with Gasteiger partial charge in [0.1, 0.15) is 25.5 Å². The Morgan fingerprint density at radius 1 is 0.509 bits per heavy atom. The van der Waals surface area contributed by atoms with Crippen molar-refractivity contribution in [1.29, 1.82) is 0 Å². The second kappa shape index (κ2) is 37.2. The van der Waals surface area contributed by atoms with Gasteiger partial charge in [-0.1, -0.05) is 51.4 Å². The lowest BCUT2D eigenvalue weighted by molar-refractivity contribution is -0.142. The molecule has 0 aliphatic heterocycles. The number of hydrogen-bond donors (Lipinski definition) is 7. The molecule has 8 N–H and O–H groups in total. The van der Waals surface area contributed by atoms with Gasteiger partial charge in [-0.15, -0.1) is 0 Å². The van der Waals surface area contributed by atoms with Gasteiger partial charge in [0.15, 0.2) is 0 Å². The zero-order valence-electron chi connectivity index (χ0n) is 32.5. The van der Waals surface area contributed by atoms with Crippen molar-refractivity contribution in [2.45, 2.75) is 121 Å². The first-order valence-corrected chi connectivity index (χ1v) is 19.6. The summed E-state index contributed by atoms with van der Waals surface area (Å²) in [6, 6.07) is -1.61. The van der Waals surface area contributed by atoms with E-state index in [9.17, 15) is 38.7 Å². The second-order valence-corrected chi connectivity index (χ2v) is 13.1. The predicted molar refractivity (Wildman–Crippen MR) is 202 cm³/mol. The minimum absolute atomic E-state index is 0.0373. The van der Waals surface area contributed by atoms with Crippen molar-refractivity contribution in [2.24, 2.45) is 5.73 Å². The third kappa shape index (κ3) is 37.0. The maximum Gasteiger partial charge on any atom is 0.326 e. The Kier molecular flexibility index (Phi) is 34.7. The molecule has 2 unspecified atom stereocenters. The highest BCUT2D eigenvalue weighted by atomic mass is 16.5. The smallest absolute Gasteiger partial charge is 0.326 e. The van der Waals surface area contributed by atoms with Gasteiger partial charge < -0.3 is 61.0 Å². The summed E-state index contributed by atoms with van der Waals surface area (Å²) in [4.78, 5) is 80.5. The highest BCUT2D eigenvalue weighted by Gasteiger charge is 2.20. The fraction of sp³-hybridized carbons (Fsp3) is 0.811. The van der Waals surface area contributed by atoms with Crippen molar-refractivity contribution in [3.63, 3.8) is 0 Å². The number of carboxylic acid groups (broad SMARTS) is 2. The largest absolute Gasteiger partial charge is 0.481 e. The Morgan fingerprint density at radius 2 is 0.982 bits per heavy atom. The van der Waals surface area contributed by atoms with Gasteiger partial charge in [-0.3, -0.25) is 24.0 Å². The van der Waals surface area contributed by atoms with E-state index in [1.165, 1.54) is 0 Å². The third-order valence-electron chi connectivity index (χ3n) is 8.15. The van der Waals surface area contributed by atoms with Crippen molar-refractivity contribution in [3.8, 4) is 0 Å². The Bertz CT molecular complexity index is 1070. The Balaban J connectivity index is 3.66. The number of unbranched alkanes of at least 4 members (excludes halogenated alkanes) is 10. The van der Waals surface area contributed by atoms with E-state index in [-0.39, 0.29) is 115 Å². The topological polar surface area (TPSA) is 271 Å². The Hall–Kier alpha value is -3.71. The number of nitrogens with one attached hydrogen (secondary N) is 4. The van der Waals surface area contributed by atoms with E-state index in [0.29, 0.717) is 25.7 Å². The van der Waals surface area contributed by atoms with Gasteiger partial charge in [-0.25, -0.2) is 4.79 Å². The van der Waals surface area contributed by atoms with Crippen LogP contribution in [-0.2, 0) is 52.5 Å². The van der Waals surface area contributed by atoms with Gasteiger partial charge in [-0.05, 0) is 38.5 Å². The summed E-state index contributed by atoms with van der Waals surface area (Å²) in [5.41, 5.74) is 5.50. The average molecular weight is 790 g/mol. The first kappa shape index (κ1) is 51.3. The lowest BCUT2D eigenvalue weighted by Crippen LogP contribution is -2.41. The van der Waals surface area contributed by atoms with Crippen molar-refractivity contribution in [3.05, 3.63) is 0 Å². The van der Waals surface area contributed by atoms with Crippen LogP contribution in [0, 0.1) is 0 Å². The number of aliphatic carboxylic acids is 2. The minimum Gasteiger partial charge on any atom is -0.481 e. The number of aldehydes is 1. The number of hydrogen-bond acceptors (Lipinski definition) is 12. The van der Waals surface area contributed by atoms with Crippen molar-refractivity contribution >= 4 is 41.9 Å². The normalized spacial score (nSPS) is 12.0. The van der Waals surface area contributed by atoms with Gasteiger partial charge >= 0.3 is 11.9 Å². The number of rotatable bonds is 40. The molecule has 0 aromatic carbocycles. The van der Waals surface area contributed by atoms with Crippen LogP contribution in [0.15, 0.2) is 0 Å². The number of carboxylic acids is 2. The van der Waals surface area contributed by atoms with E-state index in [4.69, 9.17) is 29.8 Å². The number of nitrogens with two attached hydrogens (primary N) is 1. The molecule has 318 valence electrons. The lowest BCUT2D eigenvalue weighted by Gasteiger charge is -2.14. The molecule has 0 saturated heterocycles. The number of ether oxygens (including phenoxy) is 4. The fourth-order valence-corrected chi connectivity index (χ4v) is 5.06. The highest BCUT2D eigenvalue weighted by molar-refractivity contribution is 5.84. The van der Waals surface area contributed by atoms with E-state index in [1.807, 2.05) is 0 Å². The van der Waals surface area contributed by atoms with E-state index in [1.54, 1.807) is 0 Å². The first-order valence-electron chi connectivity index (χ1n) is 19.6. The van der Waals surface area contributed by atoms with Gasteiger partial charge in [0.2, 0.25) is 23.6 Å². The van der Waals surface area contributed by atoms with Crippen LogP contribution in [0.4, 0.5) is 0 Å². The average Bonchev–Trinajstić information content (AvgIpc) is 3.15. The first-order chi connectivity index (χ1) is 26.5. The summed E-state index contributed by atoms with van der Waals surface area (Å²) < 4.78 is 21.2. The zero-order chi connectivity index (χ0) is 40.8. The summed E-state index contributed by atoms with van der Waals surface area (Å²) in [7, 11) is 0. The maximum absolute atomic E-state index is 12.2. The van der Waals surface area contributed by atoms with E-state index < -0.39 is 24.0 Å². The standard InChI is InChI=1S/C37H67N5O13/c38-30(27-43)13-11-12-18-39-34(46)28-54-25-24-53-22-20-41-35(47)29-55-26-23-52-21-19-40-32(44)17-16-31(37(50)51)42-33(45)14-9-7-5-3-1-2-4-6-8-10-15-36(48)49/h27,30-31H,1-26,28-29,38H2,(H,39,46)(H,40,44)(H,41,47)(H,42,45)(H,48,49)(H,50,51). The molecule has 55 heavy (non-hydrogen) atoms. The van der Waals surface area contributed by atoms with Crippen LogP contribution < -0.4 is 27.0 Å². The number of carbonyl (C=O) groups is 7. The minimum atomic E-state index is -1.20. The molecule has 0 aliphatic rings. The van der Waals surface area contributed by atoms with E-state index >= 15 is 0 Å². The lowest BCUT2D eigenvalue weighted by atomic mass is 10.0. The molecule has 4 amide bonds. The van der Waals surface area contributed by atoms with E-state index in [2.05, 4.69) is 21.3 Å². The summed E-state index contributed by atoms with van der Waals surface area (Å²) in [5, 5.41) is 28.6. The molecule has 0 saturated carbocycles. The molecule has 0 aromatic heterocycles. The van der Waals surface area contributed by atoms with Crippen LogP contribution in [0.3, 0.4) is 0 Å². The van der Waals surface area contributed by atoms with Crippen molar-refractivity contribution < 1.29 is 62.7 Å². The summed E-state index contributed by atoms with van der Waals surface area (Å²) in [6.45, 7) is 2.00. The summed E-state index contributed by atoms with van der Waals surface area (Å²) in [5.74, 6) is -3.22. The van der Waals surface area contributed by atoms with Crippen LogP contribution in [0.1, 0.15) is 109 Å². The van der Waals surface area contributed by atoms with Crippen LogP contribution in [0.2, 0.25) is 0 Å². The monoisotopic (exact) mass is 789 g/mol. The zero-order valence-corrected chi connectivity index (χ0v) is 32.5. The molecule has 18 nitrogen and oxygen atoms in total. The van der Waals surface area contributed by atoms with Crippen molar-refractivity contribution in [2.75, 3.05) is 72.5 Å². The molecule has 0 aromatic rings. The molecule has 0 bridgehead atoms. The van der Waals surface area contributed by atoms with Gasteiger partial charge in [-0.2, -0.15) is 0 Å². The molecule has 0 aliphatic carbocycles. The van der Waals surface area contributed by atoms with Crippen LogP contribution >= 0.6 is 0 Å². The van der Waals surface area contributed by atoms with Crippen molar-refractivity contribution in [1.82, 2.24) is 21.3 Å². The number of carbonyl (C=O) groups excluding carboxylic acids is 5. The molecule has 0 spiro atoms. The molecule has 0 fully saturated rings. The van der Waals surface area contributed by atoms with E-state index in [0.717, 1.165) is 70.6 Å². The predicted octanol–water partition coefficient (Wildman–Crippen LogP) is 1.21. The molecule has 0 radical (unpaired) electrons. The SMILES string of the molecule is NC(C=O)CCCCNC(=O)COCCOCCNC(=O)COCCOCCNC(=O)CCC(NC(=O)CCCCCCCCCCCCC(=O)O)C(=O)O. The van der Waals surface area contributed by atoms with Crippen LogP contribution in [-0.4, -0.2) is 137 Å². The fourth-order valence-electron chi connectivity index (χ4n) is 5.06. The summed E-state index contributed by atoms with van der Waals surface area (Å²) in [6.07, 6.45) is 12.7. The molecule has 0 heterocycles. The Labute approximate surface area is 325 Å². The van der Waals surface area contributed by atoms with Crippen LogP contribution in [0.25, 0.3) is 0 Å². The maximum atomic E-state index is 12.2. The van der Waals surface area contributed by atoms with Gasteiger partial charge in [0, 0.05) is 38.9 Å². The molecular weight excluding hydrogens is 722 g/mol. The highest BCUT2D eigenvalue weighted by Crippen LogP contribution is 2.12. The molecule has 18 heteroatoms. The van der Waals surface area contributed by atoms with Gasteiger partial charge in [0.25, 0.3) is 0 Å². The second-order valence-electron chi connectivity index (χ2n) is 13.1. The molecule has 2 atom stereocenters. The van der Waals surface area contributed by atoms with Gasteiger partial charge in [0.05, 0.1) is 45.7 Å². The number of amides is 4. The molecular formula is C37H67N5O13. The quantitative estimate of drug-likeness (QED) is 0.0340. The summed E-state index contributed by atoms with van der Waals surface area (Å²) >= 11 is 0. The van der Waals surface area contributed by atoms with Crippen LogP contribution in [0.5, 0.6) is 0 Å². The third-order valence-corrected chi connectivity index (χ3v) is 8.15. The Morgan fingerprint density at radius 3 is 1.49 bits per heavy atom. The molecule has 0 rings (SSSR count).